The number of benzene rings is 1. The Morgan fingerprint density at radius 1 is 1.22 bits per heavy atom. The van der Waals surface area contributed by atoms with Crippen molar-refractivity contribution in [3.8, 4) is 5.75 Å². The van der Waals surface area contributed by atoms with Gasteiger partial charge in [-0.2, -0.15) is 0 Å². The maximum absolute atomic E-state index is 11.9. The minimum Gasteiger partial charge on any atom is -0.506 e. The second kappa shape index (κ2) is 10.6. The molecule has 7 nitrogen and oxygen atoms in total. The minimum absolute atomic E-state index is 0.0494. The summed E-state index contributed by atoms with van der Waals surface area (Å²) in [7, 11) is 0. The normalized spacial score (nSPS) is 16.2. The van der Waals surface area contributed by atoms with Gasteiger partial charge in [0.1, 0.15) is 5.75 Å². The van der Waals surface area contributed by atoms with E-state index in [1.807, 2.05) is 32.0 Å². The Hall–Kier alpha value is -2.44. The molecule has 7 heteroatoms. The highest BCUT2D eigenvalue weighted by Gasteiger charge is 2.21. The number of phenols is 1. The van der Waals surface area contributed by atoms with Gasteiger partial charge in [0.15, 0.2) is 5.96 Å². The zero-order chi connectivity index (χ0) is 19.6. The van der Waals surface area contributed by atoms with E-state index in [1.54, 1.807) is 6.07 Å². The summed E-state index contributed by atoms with van der Waals surface area (Å²) < 4.78 is 0. The Morgan fingerprint density at radius 3 is 2.56 bits per heavy atom. The van der Waals surface area contributed by atoms with Crippen LogP contribution in [0.4, 0.5) is 5.69 Å². The van der Waals surface area contributed by atoms with Crippen LogP contribution in [0.3, 0.4) is 0 Å². The van der Waals surface area contributed by atoms with Crippen molar-refractivity contribution < 1.29 is 9.90 Å². The molecule has 1 aliphatic rings. The topological polar surface area (TPSA) is 80.2 Å². The van der Waals surface area contributed by atoms with Crippen LogP contribution in [0.2, 0.25) is 0 Å². The van der Waals surface area contributed by atoms with Gasteiger partial charge in [0, 0.05) is 45.2 Å². The molecule has 1 fully saturated rings. The minimum atomic E-state index is 0.0494. The fourth-order valence-electron chi connectivity index (χ4n) is 3.03. The summed E-state index contributed by atoms with van der Waals surface area (Å²) in [5, 5.41) is 16.3. The first-order valence-electron chi connectivity index (χ1n) is 9.90. The second-order valence-corrected chi connectivity index (χ2v) is 6.83. The highest BCUT2D eigenvalue weighted by Crippen LogP contribution is 2.27. The fourth-order valence-corrected chi connectivity index (χ4v) is 3.03. The molecule has 0 aromatic heterocycles. The Kier molecular flexibility index (Phi) is 8.23. The van der Waals surface area contributed by atoms with Gasteiger partial charge < -0.3 is 25.5 Å². The second-order valence-electron chi connectivity index (χ2n) is 6.83. The van der Waals surface area contributed by atoms with Crippen LogP contribution < -0.4 is 15.5 Å². The summed E-state index contributed by atoms with van der Waals surface area (Å²) in [6, 6.07) is 7.65. The van der Waals surface area contributed by atoms with Gasteiger partial charge in [-0.1, -0.05) is 19.1 Å². The number of carbonyl (C=O) groups excluding carboxylic acids is 1. The Balaban J connectivity index is 1.88. The lowest BCUT2D eigenvalue weighted by molar-refractivity contribution is -0.121. The molecule has 0 bridgehead atoms. The molecule has 0 spiro atoms. The molecule has 1 aromatic carbocycles. The lowest BCUT2D eigenvalue weighted by Gasteiger charge is -2.37. The zero-order valence-corrected chi connectivity index (χ0v) is 16.7. The van der Waals surface area contributed by atoms with Crippen LogP contribution in [0.1, 0.15) is 33.6 Å². The van der Waals surface area contributed by atoms with Gasteiger partial charge in [-0.15, -0.1) is 0 Å². The molecule has 0 aliphatic carbocycles. The number of rotatable bonds is 7. The zero-order valence-electron chi connectivity index (χ0n) is 16.7. The number of guanidine groups is 1. The Labute approximate surface area is 162 Å². The van der Waals surface area contributed by atoms with Gasteiger partial charge in [-0.25, -0.2) is 0 Å². The van der Waals surface area contributed by atoms with E-state index in [0.717, 1.165) is 50.8 Å². The lowest BCUT2D eigenvalue weighted by atomic mass is 10.2. The van der Waals surface area contributed by atoms with E-state index in [2.05, 4.69) is 32.3 Å². The standard InChI is InChI=1S/C20H33N5O2/c1-4-16(3)23-19(27)10-11-22-20(21-5-2)25-14-12-24(13-15-25)17-8-6-7-9-18(17)26/h6-9,16,26H,4-5,10-15H2,1-3H3,(H,21,22)(H,23,27). The SMILES string of the molecule is CCNC(=NCCC(=O)NC(C)CC)N1CCN(c2ccccc2O)CC1. The number of phenolic OH excluding ortho intramolecular Hbond substituents is 1. The van der Waals surface area contributed by atoms with Crippen LogP contribution >= 0.6 is 0 Å². The van der Waals surface area contributed by atoms with Crippen molar-refractivity contribution in [2.24, 2.45) is 4.99 Å². The molecule has 1 aliphatic heterocycles. The van der Waals surface area contributed by atoms with Gasteiger partial charge >= 0.3 is 0 Å². The molecule has 1 amide bonds. The summed E-state index contributed by atoms with van der Waals surface area (Å²) in [6.07, 6.45) is 1.33. The van der Waals surface area contributed by atoms with Crippen LogP contribution in [-0.2, 0) is 4.79 Å². The summed E-state index contributed by atoms with van der Waals surface area (Å²) >= 11 is 0. The molecule has 27 heavy (non-hydrogen) atoms. The maximum atomic E-state index is 11.9. The van der Waals surface area contributed by atoms with Gasteiger partial charge in [0.2, 0.25) is 5.91 Å². The molecule has 2 rings (SSSR count). The van der Waals surface area contributed by atoms with E-state index in [-0.39, 0.29) is 11.9 Å². The third-order valence-electron chi connectivity index (χ3n) is 4.76. The van der Waals surface area contributed by atoms with Crippen LogP contribution in [-0.4, -0.2) is 67.2 Å². The number of carbonyl (C=O) groups is 1. The van der Waals surface area contributed by atoms with Crippen molar-refractivity contribution >= 4 is 17.6 Å². The fraction of sp³-hybridized carbons (Fsp3) is 0.600. The summed E-state index contributed by atoms with van der Waals surface area (Å²) in [4.78, 5) is 20.9. The van der Waals surface area contributed by atoms with Crippen molar-refractivity contribution in [3.63, 3.8) is 0 Å². The van der Waals surface area contributed by atoms with Crippen molar-refractivity contribution in [2.75, 3.05) is 44.2 Å². The summed E-state index contributed by atoms with van der Waals surface area (Å²) in [5.74, 6) is 1.22. The molecule has 1 aromatic rings. The summed E-state index contributed by atoms with van der Waals surface area (Å²) in [5.41, 5.74) is 0.876. The van der Waals surface area contributed by atoms with Gasteiger partial charge in [0.05, 0.1) is 12.2 Å². The smallest absolute Gasteiger partial charge is 0.222 e. The molecule has 1 atom stereocenters. The van der Waals surface area contributed by atoms with Crippen molar-refractivity contribution in [1.82, 2.24) is 15.5 Å². The number of nitrogens with zero attached hydrogens (tertiary/aromatic N) is 3. The van der Waals surface area contributed by atoms with Gasteiger partial charge in [-0.3, -0.25) is 9.79 Å². The molecule has 0 radical (unpaired) electrons. The molecule has 0 saturated carbocycles. The van der Waals surface area contributed by atoms with E-state index < -0.39 is 0 Å². The number of aliphatic imine (C=N–C) groups is 1. The maximum Gasteiger partial charge on any atom is 0.222 e. The number of piperazine rings is 1. The lowest BCUT2D eigenvalue weighted by Crippen LogP contribution is -2.52. The number of para-hydroxylation sites is 2. The first kappa shape index (κ1) is 20.9. The first-order valence-corrected chi connectivity index (χ1v) is 9.90. The van der Waals surface area contributed by atoms with Crippen molar-refractivity contribution in [3.05, 3.63) is 24.3 Å². The van der Waals surface area contributed by atoms with E-state index in [1.165, 1.54) is 0 Å². The average Bonchev–Trinajstić information content (AvgIpc) is 2.68. The van der Waals surface area contributed by atoms with E-state index in [0.29, 0.717) is 18.7 Å². The van der Waals surface area contributed by atoms with E-state index in [4.69, 9.17) is 0 Å². The molecule has 150 valence electrons. The van der Waals surface area contributed by atoms with Crippen molar-refractivity contribution in [1.29, 1.82) is 0 Å². The number of aromatic hydroxyl groups is 1. The highest BCUT2D eigenvalue weighted by molar-refractivity contribution is 5.81. The van der Waals surface area contributed by atoms with Crippen LogP contribution in [0.15, 0.2) is 29.3 Å². The Bertz CT molecular complexity index is 627. The number of amides is 1. The Morgan fingerprint density at radius 2 is 1.93 bits per heavy atom. The van der Waals surface area contributed by atoms with Crippen LogP contribution in [0.5, 0.6) is 5.75 Å². The van der Waals surface area contributed by atoms with Crippen molar-refractivity contribution in [2.45, 2.75) is 39.7 Å². The molecule has 3 N–H and O–H groups in total. The van der Waals surface area contributed by atoms with Crippen LogP contribution in [0, 0.1) is 0 Å². The summed E-state index contributed by atoms with van der Waals surface area (Å²) in [6.45, 7) is 10.6. The third-order valence-corrected chi connectivity index (χ3v) is 4.76. The predicted molar refractivity (Wildman–Crippen MR) is 110 cm³/mol. The van der Waals surface area contributed by atoms with Crippen LogP contribution in [0.25, 0.3) is 0 Å². The number of nitrogens with one attached hydrogen (secondary N) is 2. The highest BCUT2D eigenvalue weighted by atomic mass is 16.3. The van der Waals surface area contributed by atoms with Gasteiger partial charge in [-0.05, 0) is 32.4 Å². The first-order chi connectivity index (χ1) is 13.0. The number of hydrogen-bond donors (Lipinski definition) is 3. The number of anilines is 1. The van der Waals surface area contributed by atoms with E-state index >= 15 is 0 Å². The van der Waals surface area contributed by atoms with E-state index in [9.17, 15) is 9.90 Å². The molecular formula is C20H33N5O2. The molecular weight excluding hydrogens is 342 g/mol. The number of hydrogen-bond acceptors (Lipinski definition) is 4. The largest absolute Gasteiger partial charge is 0.506 e. The third kappa shape index (κ3) is 6.34. The van der Waals surface area contributed by atoms with Gasteiger partial charge in [0.25, 0.3) is 0 Å². The molecule has 1 saturated heterocycles. The monoisotopic (exact) mass is 375 g/mol. The predicted octanol–water partition coefficient (Wildman–Crippen LogP) is 1.78. The molecule has 1 unspecified atom stereocenters. The quantitative estimate of drug-likeness (QED) is 0.500. The molecule has 1 heterocycles. The average molecular weight is 376 g/mol.